The van der Waals surface area contributed by atoms with Crippen LogP contribution in [-0.2, 0) is 16.4 Å². The Kier molecular flexibility index (Phi) is 6.51. The maximum atomic E-state index is 12.5. The summed E-state index contributed by atoms with van der Waals surface area (Å²) in [6.07, 6.45) is 0.792. The van der Waals surface area contributed by atoms with Gasteiger partial charge in [0.25, 0.3) is 15.9 Å². The van der Waals surface area contributed by atoms with Gasteiger partial charge in [0.2, 0.25) is 5.13 Å². The Morgan fingerprint density at radius 3 is 2.34 bits per heavy atom. The van der Waals surface area contributed by atoms with E-state index in [2.05, 4.69) is 34.1 Å². The molecule has 2 N–H and O–H groups in total. The second-order valence-corrected chi connectivity index (χ2v) is 9.87. The van der Waals surface area contributed by atoms with E-state index in [4.69, 9.17) is 11.6 Å². The molecule has 3 rings (SSSR count). The van der Waals surface area contributed by atoms with Crippen molar-refractivity contribution >= 4 is 49.7 Å². The van der Waals surface area contributed by atoms with Crippen molar-refractivity contribution in [3.63, 3.8) is 0 Å². The third-order valence-electron chi connectivity index (χ3n) is 3.79. The van der Waals surface area contributed by atoms with E-state index in [-0.39, 0.29) is 10.8 Å². The van der Waals surface area contributed by atoms with E-state index < -0.39 is 10.0 Å². The molecule has 0 saturated carbocycles. The van der Waals surface area contributed by atoms with Crippen molar-refractivity contribution in [2.75, 3.05) is 10.0 Å². The first-order chi connectivity index (χ1) is 13.7. The van der Waals surface area contributed by atoms with Crippen LogP contribution >= 0.6 is 22.9 Å². The number of sulfonamides is 1. The number of hydrogen-bond acceptors (Lipinski definition) is 6. The summed E-state index contributed by atoms with van der Waals surface area (Å²) in [5, 5.41) is 12.5. The molecule has 1 heterocycles. The average molecular weight is 451 g/mol. The highest BCUT2D eigenvalue weighted by atomic mass is 35.5. The molecule has 0 unspecified atom stereocenters. The van der Waals surface area contributed by atoms with Gasteiger partial charge in [0.15, 0.2) is 0 Å². The molecule has 0 aliphatic heterocycles. The number of rotatable bonds is 7. The predicted molar refractivity (Wildman–Crippen MR) is 115 cm³/mol. The molecule has 1 aromatic heterocycles. The normalized spacial score (nSPS) is 11.4. The molecule has 29 heavy (non-hydrogen) atoms. The van der Waals surface area contributed by atoms with E-state index in [1.165, 1.54) is 35.6 Å². The van der Waals surface area contributed by atoms with Crippen molar-refractivity contribution in [2.24, 2.45) is 5.92 Å². The zero-order valence-corrected chi connectivity index (χ0v) is 18.1. The van der Waals surface area contributed by atoms with Crippen LogP contribution in [0.5, 0.6) is 0 Å². The number of carbonyl (C=O) groups is 1. The molecular weight excluding hydrogens is 432 g/mol. The van der Waals surface area contributed by atoms with Gasteiger partial charge < -0.3 is 0 Å². The van der Waals surface area contributed by atoms with Gasteiger partial charge in [-0.3, -0.25) is 14.8 Å². The lowest BCUT2D eigenvalue weighted by Gasteiger charge is -2.09. The molecule has 0 spiro atoms. The zero-order valence-electron chi connectivity index (χ0n) is 15.7. The van der Waals surface area contributed by atoms with Gasteiger partial charge in [0.05, 0.1) is 4.90 Å². The molecule has 152 valence electrons. The Hall–Kier alpha value is -2.49. The number of amides is 1. The molecule has 3 aromatic rings. The van der Waals surface area contributed by atoms with Gasteiger partial charge in [-0.1, -0.05) is 36.8 Å². The number of carbonyl (C=O) groups excluding carboxylic acids is 1. The molecule has 0 fully saturated rings. The topological polar surface area (TPSA) is 101 Å². The molecule has 0 atom stereocenters. The fourth-order valence-corrected chi connectivity index (χ4v) is 4.55. The number of halogens is 1. The Morgan fingerprint density at radius 2 is 1.72 bits per heavy atom. The van der Waals surface area contributed by atoms with Crippen molar-refractivity contribution < 1.29 is 13.2 Å². The second kappa shape index (κ2) is 8.89. The summed E-state index contributed by atoms with van der Waals surface area (Å²) in [4.78, 5) is 12.4. The first kappa shape index (κ1) is 21.2. The van der Waals surface area contributed by atoms with Crippen molar-refractivity contribution in [1.29, 1.82) is 0 Å². The Morgan fingerprint density at radius 1 is 1.07 bits per heavy atom. The van der Waals surface area contributed by atoms with E-state index in [1.54, 1.807) is 24.3 Å². The van der Waals surface area contributed by atoms with Gasteiger partial charge >= 0.3 is 0 Å². The molecule has 10 heteroatoms. The van der Waals surface area contributed by atoms with Crippen LogP contribution in [0.15, 0.2) is 53.4 Å². The molecular formula is C19H19ClN4O3S2. The second-order valence-electron chi connectivity index (χ2n) is 6.69. The highest BCUT2D eigenvalue weighted by Gasteiger charge is 2.16. The summed E-state index contributed by atoms with van der Waals surface area (Å²) in [5.74, 6) is 0.0642. The number of anilines is 2. The van der Waals surface area contributed by atoms with Crippen LogP contribution in [0, 0.1) is 5.92 Å². The summed E-state index contributed by atoms with van der Waals surface area (Å²) in [5.41, 5.74) is 0.709. The summed E-state index contributed by atoms with van der Waals surface area (Å²) >= 11 is 7.13. The Balaban J connectivity index is 1.67. The predicted octanol–water partition coefficient (Wildman–Crippen LogP) is 4.44. The lowest BCUT2D eigenvalue weighted by atomic mass is 10.1. The van der Waals surface area contributed by atoms with Crippen LogP contribution in [0.1, 0.15) is 29.2 Å². The maximum absolute atomic E-state index is 12.5. The lowest BCUT2D eigenvalue weighted by molar-refractivity contribution is 0.102. The minimum Gasteiger partial charge on any atom is -0.296 e. The molecule has 0 saturated heterocycles. The third kappa shape index (κ3) is 5.75. The monoisotopic (exact) mass is 450 g/mol. The molecule has 0 radical (unpaired) electrons. The Labute approximate surface area is 178 Å². The van der Waals surface area contributed by atoms with Gasteiger partial charge in [-0.25, -0.2) is 8.42 Å². The summed E-state index contributed by atoms with van der Waals surface area (Å²) in [6.45, 7) is 4.16. The average Bonchev–Trinajstić information content (AvgIpc) is 3.09. The quantitative estimate of drug-likeness (QED) is 0.554. The molecule has 7 nitrogen and oxygen atoms in total. The highest BCUT2D eigenvalue weighted by molar-refractivity contribution is 7.92. The molecule has 0 bridgehead atoms. The van der Waals surface area contributed by atoms with Crippen molar-refractivity contribution in [3.8, 4) is 0 Å². The smallest absolute Gasteiger partial charge is 0.261 e. The van der Waals surface area contributed by atoms with Gasteiger partial charge in [-0.15, -0.1) is 10.2 Å². The fraction of sp³-hybridized carbons (Fsp3) is 0.211. The van der Waals surface area contributed by atoms with Crippen LogP contribution in [0.3, 0.4) is 0 Å². The van der Waals surface area contributed by atoms with Crippen LogP contribution in [-0.4, -0.2) is 24.5 Å². The summed E-state index contributed by atoms with van der Waals surface area (Å²) in [6, 6.07) is 12.0. The number of hydrogen-bond donors (Lipinski definition) is 2. The zero-order chi connectivity index (χ0) is 21.0. The van der Waals surface area contributed by atoms with E-state index >= 15 is 0 Å². The molecule has 1 amide bonds. The first-order valence-corrected chi connectivity index (χ1v) is 11.4. The molecule has 0 aliphatic rings. The van der Waals surface area contributed by atoms with Gasteiger partial charge in [0, 0.05) is 22.7 Å². The van der Waals surface area contributed by atoms with Gasteiger partial charge in [-0.2, -0.15) is 0 Å². The summed E-state index contributed by atoms with van der Waals surface area (Å²) in [7, 11) is -3.78. The van der Waals surface area contributed by atoms with Crippen LogP contribution in [0.4, 0.5) is 10.8 Å². The van der Waals surface area contributed by atoms with E-state index in [0.717, 1.165) is 11.4 Å². The van der Waals surface area contributed by atoms with Gasteiger partial charge in [-0.05, 0) is 54.4 Å². The standard InChI is InChI=1S/C19H19ClN4O3S2/c1-12(2)11-17-22-23-19(28-17)21-18(25)13-3-9-16(10-4-13)29(26,27)24-15-7-5-14(20)6-8-15/h3-10,12,24H,11H2,1-2H3,(H,21,23,25). The Bertz CT molecular complexity index is 1100. The number of aromatic nitrogens is 2. The largest absolute Gasteiger partial charge is 0.296 e. The van der Waals surface area contributed by atoms with Crippen LogP contribution in [0.25, 0.3) is 0 Å². The lowest BCUT2D eigenvalue weighted by Crippen LogP contribution is -2.14. The number of benzene rings is 2. The van der Waals surface area contributed by atoms with Crippen molar-refractivity contribution in [2.45, 2.75) is 25.2 Å². The fourth-order valence-electron chi connectivity index (χ4n) is 2.42. The van der Waals surface area contributed by atoms with Crippen molar-refractivity contribution in [1.82, 2.24) is 10.2 Å². The molecule has 0 aliphatic carbocycles. The third-order valence-corrected chi connectivity index (χ3v) is 6.30. The van der Waals surface area contributed by atoms with E-state index in [1.807, 2.05) is 0 Å². The van der Waals surface area contributed by atoms with Crippen LogP contribution in [0.2, 0.25) is 5.02 Å². The first-order valence-electron chi connectivity index (χ1n) is 8.75. The van der Waals surface area contributed by atoms with E-state index in [9.17, 15) is 13.2 Å². The van der Waals surface area contributed by atoms with E-state index in [0.29, 0.717) is 27.3 Å². The number of nitrogens with one attached hydrogen (secondary N) is 2. The summed E-state index contributed by atoms with van der Waals surface area (Å²) < 4.78 is 27.4. The maximum Gasteiger partial charge on any atom is 0.261 e. The molecule has 2 aromatic carbocycles. The number of nitrogens with zero attached hydrogens (tertiary/aromatic N) is 2. The SMILES string of the molecule is CC(C)Cc1nnc(NC(=O)c2ccc(S(=O)(=O)Nc3ccc(Cl)cc3)cc2)s1. The van der Waals surface area contributed by atoms with Crippen molar-refractivity contribution in [3.05, 3.63) is 64.1 Å². The highest BCUT2D eigenvalue weighted by Crippen LogP contribution is 2.21. The minimum atomic E-state index is -3.78. The minimum absolute atomic E-state index is 0.0409. The van der Waals surface area contributed by atoms with Crippen LogP contribution < -0.4 is 10.0 Å². The van der Waals surface area contributed by atoms with Gasteiger partial charge in [0.1, 0.15) is 5.01 Å².